The van der Waals surface area contributed by atoms with E-state index in [9.17, 15) is 0 Å². The van der Waals surface area contributed by atoms with E-state index in [0.717, 1.165) is 17.9 Å². The molecule has 0 aliphatic heterocycles. The van der Waals surface area contributed by atoms with Crippen molar-refractivity contribution in [3.05, 3.63) is 0 Å². The summed E-state index contributed by atoms with van der Waals surface area (Å²) in [6.45, 7) is 6.03. The zero-order valence-electron chi connectivity index (χ0n) is 9.63. The summed E-state index contributed by atoms with van der Waals surface area (Å²) in [4.78, 5) is 2.48. The van der Waals surface area contributed by atoms with Gasteiger partial charge in [0.15, 0.2) is 0 Å². The molecule has 0 radical (unpaired) electrons. The van der Waals surface area contributed by atoms with Gasteiger partial charge >= 0.3 is 0 Å². The molecule has 2 aliphatic rings. The van der Waals surface area contributed by atoms with Gasteiger partial charge in [0.1, 0.15) is 0 Å². The zero-order chi connectivity index (χ0) is 9.97. The minimum atomic E-state index is 0.754. The molecule has 2 heteroatoms. The van der Waals surface area contributed by atoms with Crippen LogP contribution in [0.25, 0.3) is 0 Å². The highest BCUT2D eigenvalue weighted by Crippen LogP contribution is 2.32. The third kappa shape index (κ3) is 3.58. The van der Waals surface area contributed by atoms with Crippen LogP contribution >= 0.6 is 0 Å². The lowest BCUT2D eigenvalue weighted by Crippen LogP contribution is -2.36. The lowest BCUT2D eigenvalue weighted by atomic mass is 10.2. The zero-order valence-corrected chi connectivity index (χ0v) is 9.63. The number of nitrogens with one attached hydrogen (secondary N) is 1. The molecule has 1 unspecified atom stereocenters. The Morgan fingerprint density at radius 1 is 1.29 bits per heavy atom. The van der Waals surface area contributed by atoms with Crippen LogP contribution < -0.4 is 5.32 Å². The summed E-state index contributed by atoms with van der Waals surface area (Å²) >= 11 is 0. The summed E-state index contributed by atoms with van der Waals surface area (Å²) in [5.74, 6) is 2.02. The first-order valence-corrected chi connectivity index (χ1v) is 6.17. The molecule has 0 spiro atoms. The second-order valence-electron chi connectivity index (χ2n) is 5.29. The third-order valence-corrected chi connectivity index (χ3v) is 3.56. The Labute approximate surface area is 88.1 Å². The van der Waals surface area contributed by atoms with Gasteiger partial charge in [0.25, 0.3) is 0 Å². The Hall–Kier alpha value is -0.0800. The molecule has 0 saturated heterocycles. The molecule has 2 fully saturated rings. The Balaban J connectivity index is 1.48. The number of nitrogens with zero attached hydrogens (tertiary/aromatic N) is 1. The quantitative estimate of drug-likeness (QED) is 0.667. The molecule has 1 atom stereocenters. The normalized spacial score (nSPS) is 24.2. The summed E-state index contributed by atoms with van der Waals surface area (Å²) in [6, 6.07) is 0.754. The summed E-state index contributed by atoms with van der Waals surface area (Å²) in [7, 11) is 2.25. The van der Waals surface area contributed by atoms with Crippen LogP contribution in [0, 0.1) is 11.8 Å². The van der Waals surface area contributed by atoms with Crippen LogP contribution in [0.1, 0.15) is 32.6 Å². The smallest absolute Gasteiger partial charge is 0.0104 e. The maximum atomic E-state index is 3.63. The van der Waals surface area contributed by atoms with Gasteiger partial charge in [-0.3, -0.25) is 0 Å². The summed E-state index contributed by atoms with van der Waals surface area (Å²) in [5, 5.41) is 3.63. The van der Waals surface area contributed by atoms with Crippen LogP contribution in [0.2, 0.25) is 0 Å². The number of likely N-dealkylation sites (N-methyl/N-ethyl adjacent to an activating group) is 1. The molecule has 2 saturated carbocycles. The van der Waals surface area contributed by atoms with Gasteiger partial charge in [-0.2, -0.15) is 0 Å². The van der Waals surface area contributed by atoms with E-state index in [-0.39, 0.29) is 0 Å². The van der Waals surface area contributed by atoms with Crippen LogP contribution in [0.15, 0.2) is 0 Å². The average Bonchev–Trinajstić information content (AvgIpc) is 2.99. The monoisotopic (exact) mass is 196 g/mol. The van der Waals surface area contributed by atoms with Crippen LogP contribution in [0.4, 0.5) is 0 Å². The predicted molar refractivity (Wildman–Crippen MR) is 60.4 cm³/mol. The second kappa shape index (κ2) is 4.63. The average molecular weight is 196 g/mol. The van der Waals surface area contributed by atoms with E-state index >= 15 is 0 Å². The van der Waals surface area contributed by atoms with Crippen molar-refractivity contribution in [1.82, 2.24) is 10.2 Å². The molecule has 2 rings (SSSR count). The van der Waals surface area contributed by atoms with Crippen molar-refractivity contribution >= 4 is 0 Å². The van der Waals surface area contributed by atoms with E-state index in [2.05, 4.69) is 24.2 Å². The predicted octanol–water partition coefficient (Wildman–Crippen LogP) is 1.72. The topological polar surface area (TPSA) is 15.3 Å². The second-order valence-corrected chi connectivity index (χ2v) is 5.29. The van der Waals surface area contributed by atoms with Gasteiger partial charge in [0, 0.05) is 25.7 Å². The van der Waals surface area contributed by atoms with Gasteiger partial charge < -0.3 is 10.2 Å². The van der Waals surface area contributed by atoms with E-state index in [1.165, 1.54) is 45.3 Å². The Morgan fingerprint density at radius 2 is 2.00 bits per heavy atom. The first-order valence-electron chi connectivity index (χ1n) is 6.17. The first kappa shape index (κ1) is 10.4. The van der Waals surface area contributed by atoms with Crippen molar-refractivity contribution in [2.75, 3.05) is 26.7 Å². The molecule has 0 aromatic carbocycles. The van der Waals surface area contributed by atoms with Crippen LogP contribution in [-0.2, 0) is 0 Å². The Morgan fingerprint density at radius 3 is 2.57 bits per heavy atom. The third-order valence-electron chi connectivity index (χ3n) is 3.56. The molecule has 0 aromatic heterocycles. The fraction of sp³-hybridized carbons (Fsp3) is 1.00. The maximum absolute atomic E-state index is 3.63. The van der Waals surface area contributed by atoms with Gasteiger partial charge in [-0.15, -0.1) is 0 Å². The highest BCUT2D eigenvalue weighted by molar-refractivity contribution is 4.83. The maximum Gasteiger partial charge on any atom is 0.0104 e. The van der Waals surface area contributed by atoms with Gasteiger partial charge in [-0.05, 0) is 51.5 Å². The molecular weight excluding hydrogens is 172 g/mol. The van der Waals surface area contributed by atoms with Crippen LogP contribution in [0.3, 0.4) is 0 Å². The largest absolute Gasteiger partial charge is 0.313 e. The van der Waals surface area contributed by atoms with E-state index in [4.69, 9.17) is 0 Å². The van der Waals surface area contributed by atoms with Crippen LogP contribution in [-0.4, -0.2) is 37.6 Å². The molecule has 82 valence electrons. The van der Waals surface area contributed by atoms with Gasteiger partial charge in [-0.25, -0.2) is 0 Å². The number of rotatable bonds is 7. The SMILES string of the molecule is CC(NCCN(C)CC1CC1)C1CC1. The minimum Gasteiger partial charge on any atom is -0.313 e. The molecule has 0 bridgehead atoms. The van der Waals surface area contributed by atoms with Crippen molar-refractivity contribution in [2.24, 2.45) is 11.8 Å². The summed E-state index contributed by atoms with van der Waals surface area (Å²) < 4.78 is 0. The molecule has 2 nitrogen and oxygen atoms in total. The molecule has 2 aliphatic carbocycles. The molecule has 14 heavy (non-hydrogen) atoms. The Bertz CT molecular complexity index is 173. The molecule has 1 N–H and O–H groups in total. The van der Waals surface area contributed by atoms with E-state index in [0.29, 0.717) is 0 Å². The lowest BCUT2D eigenvalue weighted by Gasteiger charge is -2.18. The lowest BCUT2D eigenvalue weighted by molar-refractivity contribution is 0.310. The van der Waals surface area contributed by atoms with Crippen LogP contribution in [0.5, 0.6) is 0 Å². The highest BCUT2D eigenvalue weighted by Gasteiger charge is 2.27. The van der Waals surface area contributed by atoms with Crippen molar-refractivity contribution in [3.8, 4) is 0 Å². The summed E-state index contributed by atoms with van der Waals surface area (Å²) in [6.07, 6.45) is 5.84. The van der Waals surface area contributed by atoms with Crippen molar-refractivity contribution in [3.63, 3.8) is 0 Å². The van der Waals surface area contributed by atoms with Gasteiger partial charge in [-0.1, -0.05) is 0 Å². The Kier molecular flexibility index (Phi) is 3.45. The molecule has 0 aromatic rings. The first-order chi connectivity index (χ1) is 6.75. The summed E-state index contributed by atoms with van der Waals surface area (Å²) in [5.41, 5.74) is 0. The minimum absolute atomic E-state index is 0.754. The van der Waals surface area contributed by atoms with E-state index < -0.39 is 0 Å². The fourth-order valence-corrected chi connectivity index (χ4v) is 2.08. The van der Waals surface area contributed by atoms with Crippen molar-refractivity contribution in [2.45, 2.75) is 38.6 Å². The molecule has 0 amide bonds. The molecular formula is C12H24N2. The van der Waals surface area contributed by atoms with Crippen molar-refractivity contribution < 1.29 is 0 Å². The number of hydrogen-bond donors (Lipinski definition) is 1. The number of hydrogen-bond acceptors (Lipinski definition) is 2. The van der Waals surface area contributed by atoms with E-state index in [1.807, 2.05) is 0 Å². The van der Waals surface area contributed by atoms with Crippen molar-refractivity contribution in [1.29, 1.82) is 0 Å². The van der Waals surface area contributed by atoms with Gasteiger partial charge in [0.05, 0.1) is 0 Å². The standard InChI is InChI=1S/C12H24N2/c1-10(12-5-6-12)13-7-8-14(2)9-11-3-4-11/h10-13H,3-9H2,1-2H3. The van der Waals surface area contributed by atoms with Gasteiger partial charge in [0.2, 0.25) is 0 Å². The highest BCUT2D eigenvalue weighted by atomic mass is 15.1. The van der Waals surface area contributed by atoms with E-state index in [1.54, 1.807) is 0 Å². The molecule has 0 heterocycles. The fourth-order valence-electron chi connectivity index (χ4n) is 2.08.